The van der Waals surface area contributed by atoms with Crippen LogP contribution >= 0.6 is 0 Å². The second kappa shape index (κ2) is 7.19. The molecule has 0 radical (unpaired) electrons. The van der Waals surface area contributed by atoms with Gasteiger partial charge in [0, 0.05) is 5.56 Å². The molecule has 0 fully saturated rings. The van der Waals surface area contributed by atoms with Gasteiger partial charge in [-0.05, 0) is 24.3 Å². The maximum absolute atomic E-state index is 5.39. The number of methoxy groups -OCH3 is 3. The molecule has 0 saturated carbocycles. The molecule has 2 rings (SSSR count). The highest BCUT2D eigenvalue weighted by Crippen LogP contribution is 2.38. The van der Waals surface area contributed by atoms with E-state index in [-0.39, 0.29) is 0 Å². The Kier molecular flexibility index (Phi) is 5.04. The zero-order valence-electron chi connectivity index (χ0n) is 12.3. The minimum absolute atomic E-state index is 0.545. The van der Waals surface area contributed by atoms with Crippen molar-refractivity contribution < 1.29 is 14.2 Å². The Hall–Kier alpha value is -2.69. The van der Waals surface area contributed by atoms with E-state index in [2.05, 4.69) is 10.5 Å². The molecule has 0 aliphatic rings. The van der Waals surface area contributed by atoms with Crippen LogP contribution in [0, 0.1) is 0 Å². The van der Waals surface area contributed by atoms with Gasteiger partial charge in [-0.3, -0.25) is 5.43 Å². The van der Waals surface area contributed by atoms with Gasteiger partial charge in [-0.1, -0.05) is 18.2 Å². The van der Waals surface area contributed by atoms with Gasteiger partial charge in [0.15, 0.2) is 11.5 Å². The van der Waals surface area contributed by atoms with Gasteiger partial charge in [-0.2, -0.15) is 5.10 Å². The van der Waals surface area contributed by atoms with Crippen molar-refractivity contribution in [2.24, 2.45) is 5.10 Å². The number of benzene rings is 2. The van der Waals surface area contributed by atoms with E-state index in [1.165, 1.54) is 0 Å². The van der Waals surface area contributed by atoms with Crippen molar-refractivity contribution in [1.29, 1.82) is 0 Å². The van der Waals surface area contributed by atoms with E-state index < -0.39 is 0 Å². The number of anilines is 1. The summed E-state index contributed by atoms with van der Waals surface area (Å²) in [6.45, 7) is 0. The molecule has 2 aromatic rings. The van der Waals surface area contributed by atoms with E-state index >= 15 is 0 Å². The Morgan fingerprint density at radius 2 is 1.57 bits per heavy atom. The molecule has 0 aliphatic carbocycles. The lowest BCUT2D eigenvalue weighted by atomic mass is 10.2. The zero-order chi connectivity index (χ0) is 15.1. The van der Waals surface area contributed by atoms with E-state index in [1.54, 1.807) is 27.5 Å². The van der Waals surface area contributed by atoms with Gasteiger partial charge in [0.05, 0.1) is 33.2 Å². The molecule has 21 heavy (non-hydrogen) atoms. The summed E-state index contributed by atoms with van der Waals surface area (Å²) < 4.78 is 16.0. The Labute approximate surface area is 124 Å². The fraction of sp³-hybridized carbons (Fsp3) is 0.188. The molecule has 110 valence electrons. The highest BCUT2D eigenvalue weighted by atomic mass is 16.5. The highest BCUT2D eigenvalue weighted by Gasteiger charge is 2.14. The first-order chi connectivity index (χ1) is 10.3. The SMILES string of the molecule is COc1ccc(C=NNc2ccccc2)c(OC)c1OC. The molecule has 2 aromatic carbocycles. The number of nitrogens with zero attached hydrogens (tertiary/aromatic N) is 1. The van der Waals surface area contributed by atoms with Crippen LogP contribution in [0.5, 0.6) is 17.2 Å². The summed E-state index contributed by atoms with van der Waals surface area (Å²) in [5.41, 5.74) is 4.65. The molecule has 0 spiro atoms. The van der Waals surface area contributed by atoms with Crippen molar-refractivity contribution in [1.82, 2.24) is 0 Å². The molecular weight excluding hydrogens is 268 g/mol. The fourth-order valence-electron chi connectivity index (χ4n) is 1.92. The third kappa shape index (κ3) is 3.45. The van der Waals surface area contributed by atoms with Gasteiger partial charge in [0.25, 0.3) is 0 Å². The molecule has 0 amide bonds. The van der Waals surface area contributed by atoms with Crippen LogP contribution in [0.4, 0.5) is 5.69 Å². The summed E-state index contributed by atoms with van der Waals surface area (Å²) in [6, 6.07) is 13.4. The number of hydrogen-bond acceptors (Lipinski definition) is 5. The Balaban J connectivity index is 2.23. The predicted octanol–water partition coefficient (Wildman–Crippen LogP) is 3.16. The van der Waals surface area contributed by atoms with Gasteiger partial charge in [-0.25, -0.2) is 0 Å². The first kappa shape index (κ1) is 14.7. The summed E-state index contributed by atoms with van der Waals surface area (Å²) in [5.74, 6) is 1.74. The van der Waals surface area contributed by atoms with Crippen LogP contribution in [-0.4, -0.2) is 27.5 Å². The number of nitrogens with one attached hydrogen (secondary N) is 1. The number of ether oxygens (including phenoxy) is 3. The first-order valence-electron chi connectivity index (χ1n) is 6.43. The monoisotopic (exact) mass is 286 g/mol. The Morgan fingerprint density at radius 3 is 2.19 bits per heavy atom. The van der Waals surface area contributed by atoms with Crippen molar-refractivity contribution in [2.45, 2.75) is 0 Å². The van der Waals surface area contributed by atoms with Gasteiger partial charge < -0.3 is 14.2 Å². The molecule has 0 heterocycles. The Bertz CT molecular complexity index is 612. The molecule has 0 bridgehead atoms. The number of hydrogen-bond donors (Lipinski definition) is 1. The molecule has 0 unspecified atom stereocenters. The third-order valence-electron chi connectivity index (χ3n) is 2.91. The van der Waals surface area contributed by atoms with Gasteiger partial charge in [0.1, 0.15) is 0 Å². The second-order valence-electron chi connectivity index (χ2n) is 4.16. The fourth-order valence-corrected chi connectivity index (χ4v) is 1.92. The first-order valence-corrected chi connectivity index (χ1v) is 6.43. The minimum Gasteiger partial charge on any atom is -0.493 e. The van der Waals surface area contributed by atoms with Crippen LogP contribution in [0.3, 0.4) is 0 Å². The van der Waals surface area contributed by atoms with Crippen LogP contribution < -0.4 is 19.6 Å². The van der Waals surface area contributed by atoms with Crippen LogP contribution in [0.15, 0.2) is 47.6 Å². The largest absolute Gasteiger partial charge is 0.493 e. The molecule has 0 aromatic heterocycles. The van der Waals surface area contributed by atoms with E-state index in [4.69, 9.17) is 14.2 Å². The molecule has 0 atom stereocenters. The summed E-state index contributed by atoms with van der Waals surface area (Å²) in [7, 11) is 4.74. The normalized spacial score (nSPS) is 10.4. The molecule has 0 aliphatic heterocycles. The van der Waals surface area contributed by atoms with Crippen molar-refractivity contribution in [3.8, 4) is 17.2 Å². The lowest BCUT2D eigenvalue weighted by Gasteiger charge is -2.13. The van der Waals surface area contributed by atoms with Crippen molar-refractivity contribution in [3.05, 3.63) is 48.0 Å². The van der Waals surface area contributed by atoms with Crippen LogP contribution in [0.25, 0.3) is 0 Å². The smallest absolute Gasteiger partial charge is 0.203 e. The molecule has 1 N–H and O–H groups in total. The van der Waals surface area contributed by atoms with Gasteiger partial charge in [0.2, 0.25) is 5.75 Å². The highest BCUT2D eigenvalue weighted by molar-refractivity contribution is 5.86. The standard InChI is InChI=1S/C16H18N2O3/c1-19-14-10-9-12(15(20-2)16(14)21-3)11-17-18-13-7-5-4-6-8-13/h4-11,18H,1-3H3. The average molecular weight is 286 g/mol. The number of para-hydroxylation sites is 1. The van der Waals surface area contributed by atoms with Crippen LogP contribution in [0.1, 0.15) is 5.56 Å². The van der Waals surface area contributed by atoms with E-state index in [0.29, 0.717) is 17.2 Å². The summed E-state index contributed by atoms with van der Waals surface area (Å²) in [5, 5.41) is 4.20. The maximum atomic E-state index is 5.39. The quantitative estimate of drug-likeness (QED) is 0.654. The second-order valence-corrected chi connectivity index (χ2v) is 4.16. The molecule has 5 heteroatoms. The minimum atomic E-state index is 0.545. The summed E-state index contributed by atoms with van der Waals surface area (Å²) >= 11 is 0. The topological polar surface area (TPSA) is 52.1 Å². The van der Waals surface area contributed by atoms with Crippen LogP contribution in [0.2, 0.25) is 0 Å². The van der Waals surface area contributed by atoms with Crippen molar-refractivity contribution >= 4 is 11.9 Å². The lowest BCUT2D eigenvalue weighted by molar-refractivity contribution is 0.324. The molecule has 5 nitrogen and oxygen atoms in total. The van der Waals surface area contributed by atoms with Gasteiger partial charge >= 0.3 is 0 Å². The molecule has 0 saturated heterocycles. The van der Waals surface area contributed by atoms with Gasteiger partial charge in [-0.15, -0.1) is 0 Å². The zero-order valence-corrected chi connectivity index (χ0v) is 12.3. The summed E-state index contributed by atoms with van der Waals surface area (Å²) in [6.07, 6.45) is 1.67. The third-order valence-corrected chi connectivity index (χ3v) is 2.91. The average Bonchev–Trinajstić information content (AvgIpc) is 2.55. The Morgan fingerprint density at radius 1 is 0.857 bits per heavy atom. The summed E-state index contributed by atoms with van der Waals surface area (Å²) in [4.78, 5) is 0. The molecular formula is C16H18N2O3. The van der Waals surface area contributed by atoms with Crippen molar-refractivity contribution in [2.75, 3.05) is 26.8 Å². The van der Waals surface area contributed by atoms with E-state index in [9.17, 15) is 0 Å². The number of hydrazone groups is 1. The van der Waals surface area contributed by atoms with Crippen LogP contribution in [-0.2, 0) is 0 Å². The maximum Gasteiger partial charge on any atom is 0.203 e. The van der Waals surface area contributed by atoms with E-state index in [0.717, 1.165) is 11.3 Å². The lowest BCUT2D eigenvalue weighted by Crippen LogP contribution is -1.99. The predicted molar refractivity (Wildman–Crippen MR) is 83.8 cm³/mol. The number of rotatable bonds is 6. The van der Waals surface area contributed by atoms with Crippen molar-refractivity contribution in [3.63, 3.8) is 0 Å². The van der Waals surface area contributed by atoms with E-state index in [1.807, 2.05) is 42.5 Å².